The van der Waals surface area contributed by atoms with Gasteiger partial charge < -0.3 is 14.8 Å². The molecule has 1 amide bonds. The molecule has 0 spiro atoms. The van der Waals surface area contributed by atoms with Crippen molar-refractivity contribution in [3.8, 4) is 5.75 Å². The Morgan fingerprint density at radius 2 is 1.64 bits per heavy atom. The summed E-state index contributed by atoms with van der Waals surface area (Å²) in [5.41, 5.74) is -0.0186. The van der Waals surface area contributed by atoms with Gasteiger partial charge in [0, 0.05) is 23.1 Å². The van der Waals surface area contributed by atoms with E-state index in [1.807, 2.05) is 43.3 Å². The van der Waals surface area contributed by atoms with E-state index >= 15 is 0 Å². The summed E-state index contributed by atoms with van der Waals surface area (Å²) in [6, 6.07) is 11.9. The van der Waals surface area contributed by atoms with Crippen LogP contribution in [0.15, 0.2) is 36.4 Å². The molecule has 154 valence electrons. The number of amides is 1. The van der Waals surface area contributed by atoms with Gasteiger partial charge in [-0.05, 0) is 38.3 Å². The van der Waals surface area contributed by atoms with Crippen molar-refractivity contribution in [1.82, 2.24) is 0 Å². The van der Waals surface area contributed by atoms with Crippen molar-refractivity contribution in [3.63, 3.8) is 0 Å². The van der Waals surface area contributed by atoms with Crippen molar-refractivity contribution in [2.75, 3.05) is 18.5 Å². The van der Waals surface area contributed by atoms with Crippen LogP contribution in [-0.4, -0.2) is 24.7 Å². The molecule has 1 atom stereocenters. The lowest BCUT2D eigenvalue weighted by Gasteiger charge is -2.29. The normalized spacial score (nSPS) is 13.3. The molecule has 0 aromatic heterocycles. The van der Waals surface area contributed by atoms with Crippen LogP contribution in [-0.2, 0) is 9.53 Å². The second-order valence-corrected chi connectivity index (χ2v) is 7.50. The quantitative estimate of drug-likeness (QED) is 0.434. The van der Waals surface area contributed by atoms with Crippen molar-refractivity contribution in [3.05, 3.63) is 36.4 Å². The second-order valence-electron chi connectivity index (χ2n) is 7.50. The summed E-state index contributed by atoms with van der Waals surface area (Å²) in [5.74, 6) is 0.775. The molecule has 2 aromatic rings. The fraction of sp³-hybridized carbons (Fsp3) is 0.542. The second kappa shape index (κ2) is 11.1. The zero-order valence-corrected chi connectivity index (χ0v) is 17.8. The molecule has 4 nitrogen and oxygen atoms in total. The monoisotopic (exact) mass is 385 g/mol. The summed E-state index contributed by atoms with van der Waals surface area (Å²) in [6.45, 7) is 9.52. The molecule has 0 heterocycles. The average molecular weight is 386 g/mol. The van der Waals surface area contributed by atoms with Crippen LogP contribution in [0.4, 0.5) is 5.69 Å². The van der Waals surface area contributed by atoms with Crippen LogP contribution in [0.5, 0.6) is 5.75 Å². The van der Waals surface area contributed by atoms with Crippen LogP contribution in [0.3, 0.4) is 0 Å². The Bertz CT molecular complexity index is 749. The van der Waals surface area contributed by atoms with Gasteiger partial charge in [-0.3, -0.25) is 4.79 Å². The Morgan fingerprint density at radius 3 is 2.32 bits per heavy atom. The van der Waals surface area contributed by atoms with Crippen LogP contribution < -0.4 is 10.1 Å². The number of ether oxygens (including phenoxy) is 2. The fourth-order valence-corrected chi connectivity index (χ4v) is 3.18. The van der Waals surface area contributed by atoms with Crippen LogP contribution in [0, 0.1) is 0 Å². The van der Waals surface area contributed by atoms with Gasteiger partial charge in [0.2, 0.25) is 0 Å². The van der Waals surface area contributed by atoms with Gasteiger partial charge in [0.05, 0.1) is 6.61 Å². The van der Waals surface area contributed by atoms with E-state index in [1.165, 1.54) is 0 Å². The van der Waals surface area contributed by atoms with Crippen LogP contribution in [0.1, 0.15) is 66.2 Å². The van der Waals surface area contributed by atoms with E-state index in [0.717, 1.165) is 54.3 Å². The number of unbranched alkanes of at least 4 members (excludes halogenated alkanes) is 2. The molecular weight excluding hydrogens is 350 g/mol. The van der Waals surface area contributed by atoms with E-state index in [4.69, 9.17) is 9.47 Å². The number of hydrogen-bond acceptors (Lipinski definition) is 3. The van der Waals surface area contributed by atoms with Crippen molar-refractivity contribution < 1.29 is 14.3 Å². The van der Waals surface area contributed by atoms with Gasteiger partial charge in [0.1, 0.15) is 11.4 Å². The first-order chi connectivity index (χ1) is 13.6. The number of fused-ring (bicyclic) bond motifs is 1. The van der Waals surface area contributed by atoms with Gasteiger partial charge >= 0.3 is 0 Å². The Balaban J connectivity index is 2.26. The Kier molecular flexibility index (Phi) is 8.78. The standard InChI is InChI=1S/C24H35NO3/c1-5-8-16-24(4,28-17-7-3)23(26)25-21-14-15-22(27-18-9-6-2)20-13-11-10-12-19(20)21/h10-15H,5-9,16-18H2,1-4H3,(H,25,26)/t24-/m0/s1. The minimum atomic E-state index is -0.816. The minimum Gasteiger partial charge on any atom is -0.493 e. The Hall–Kier alpha value is -2.07. The molecule has 1 N–H and O–H groups in total. The van der Waals surface area contributed by atoms with Crippen LogP contribution >= 0.6 is 0 Å². The number of rotatable bonds is 12. The van der Waals surface area contributed by atoms with Gasteiger partial charge in [0.25, 0.3) is 5.91 Å². The zero-order valence-electron chi connectivity index (χ0n) is 17.8. The zero-order chi connectivity index (χ0) is 20.4. The molecule has 0 saturated carbocycles. The summed E-state index contributed by atoms with van der Waals surface area (Å²) < 4.78 is 11.9. The van der Waals surface area contributed by atoms with E-state index < -0.39 is 5.60 Å². The van der Waals surface area contributed by atoms with E-state index in [9.17, 15) is 4.79 Å². The molecule has 0 aliphatic rings. The summed E-state index contributed by atoms with van der Waals surface area (Å²) in [4.78, 5) is 13.1. The highest BCUT2D eigenvalue weighted by atomic mass is 16.5. The molecule has 0 aliphatic carbocycles. The van der Waals surface area contributed by atoms with Crippen LogP contribution in [0.2, 0.25) is 0 Å². The first kappa shape index (κ1) is 22.2. The third-order valence-electron chi connectivity index (χ3n) is 5.00. The molecule has 0 aliphatic heterocycles. The maximum Gasteiger partial charge on any atom is 0.256 e. The highest BCUT2D eigenvalue weighted by Crippen LogP contribution is 2.33. The summed E-state index contributed by atoms with van der Waals surface area (Å²) >= 11 is 0. The molecule has 0 bridgehead atoms. The maximum atomic E-state index is 13.1. The molecule has 2 aromatic carbocycles. The van der Waals surface area contributed by atoms with Gasteiger partial charge in [0.15, 0.2) is 0 Å². The number of hydrogen-bond donors (Lipinski definition) is 1. The molecule has 0 unspecified atom stereocenters. The lowest BCUT2D eigenvalue weighted by molar-refractivity contribution is -0.140. The summed E-state index contributed by atoms with van der Waals surface area (Å²) in [5, 5.41) is 5.12. The predicted molar refractivity (Wildman–Crippen MR) is 117 cm³/mol. The average Bonchev–Trinajstić information content (AvgIpc) is 2.72. The smallest absolute Gasteiger partial charge is 0.256 e. The highest BCUT2D eigenvalue weighted by molar-refractivity contribution is 6.06. The third-order valence-corrected chi connectivity index (χ3v) is 5.00. The number of anilines is 1. The maximum absolute atomic E-state index is 13.1. The molecule has 0 saturated heterocycles. The van der Waals surface area contributed by atoms with Gasteiger partial charge in [-0.1, -0.05) is 64.3 Å². The SMILES string of the molecule is CCCCOc1ccc(NC(=O)[C@](C)(CCCC)OCCC)c2ccccc12. The highest BCUT2D eigenvalue weighted by Gasteiger charge is 2.33. The Morgan fingerprint density at radius 1 is 0.929 bits per heavy atom. The van der Waals surface area contributed by atoms with Gasteiger partial charge in [-0.2, -0.15) is 0 Å². The fourth-order valence-electron chi connectivity index (χ4n) is 3.18. The van der Waals surface area contributed by atoms with Crippen molar-refractivity contribution in [2.45, 2.75) is 71.8 Å². The predicted octanol–water partition coefficient (Wildman–Crippen LogP) is 6.33. The molecule has 0 fully saturated rings. The van der Waals surface area contributed by atoms with E-state index in [2.05, 4.69) is 26.1 Å². The first-order valence-corrected chi connectivity index (χ1v) is 10.7. The number of benzene rings is 2. The van der Waals surface area contributed by atoms with E-state index in [-0.39, 0.29) is 5.91 Å². The number of carbonyl (C=O) groups excluding carboxylic acids is 1. The number of nitrogens with one attached hydrogen (secondary N) is 1. The van der Waals surface area contributed by atoms with Gasteiger partial charge in [-0.15, -0.1) is 0 Å². The van der Waals surface area contributed by atoms with Crippen molar-refractivity contribution >= 4 is 22.4 Å². The molecule has 28 heavy (non-hydrogen) atoms. The Labute approximate surface area is 169 Å². The molecule has 0 radical (unpaired) electrons. The van der Waals surface area contributed by atoms with Crippen molar-refractivity contribution in [2.24, 2.45) is 0 Å². The molecular formula is C24H35NO3. The topological polar surface area (TPSA) is 47.6 Å². The molecule has 4 heteroatoms. The largest absolute Gasteiger partial charge is 0.493 e. The third kappa shape index (κ3) is 5.71. The lowest BCUT2D eigenvalue weighted by atomic mass is 9.97. The first-order valence-electron chi connectivity index (χ1n) is 10.7. The minimum absolute atomic E-state index is 0.0841. The molecule has 2 rings (SSSR count). The van der Waals surface area contributed by atoms with E-state index in [0.29, 0.717) is 19.6 Å². The summed E-state index contributed by atoms with van der Waals surface area (Å²) in [7, 11) is 0. The number of carbonyl (C=O) groups is 1. The van der Waals surface area contributed by atoms with Gasteiger partial charge in [-0.25, -0.2) is 0 Å². The van der Waals surface area contributed by atoms with Crippen molar-refractivity contribution in [1.29, 1.82) is 0 Å². The lowest BCUT2D eigenvalue weighted by Crippen LogP contribution is -2.43. The van der Waals surface area contributed by atoms with Crippen LogP contribution in [0.25, 0.3) is 10.8 Å². The summed E-state index contributed by atoms with van der Waals surface area (Å²) in [6.07, 6.45) is 5.72. The van der Waals surface area contributed by atoms with E-state index in [1.54, 1.807) is 0 Å².